The van der Waals surface area contributed by atoms with Crippen molar-refractivity contribution in [3.05, 3.63) is 89.7 Å². The molecule has 0 spiro atoms. The zero-order valence-electron chi connectivity index (χ0n) is 20.3. The Morgan fingerprint density at radius 2 is 1.69 bits per heavy atom. The lowest BCUT2D eigenvalue weighted by Gasteiger charge is -2.31. The van der Waals surface area contributed by atoms with Gasteiger partial charge in [0.2, 0.25) is 11.7 Å². The van der Waals surface area contributed by atoms with E-state index in [1.165, 1.54) is 12.1 Å². The number of hydrogen-bond acceptors (Lipinski definition) is 5. The van der Waals surface area contributed by atoms with Gasteiger partial charge >= 0.3 is 0 Å². The second-order valence-electron chi connectivity index (χ2n) is 8.77. The summed E-state index contributed by atoms with van der Waals surface area (Å²) >= 11 is 0. The highest BCUT2D eigenvalue weighted by Gasteiger charge is 2.23. The summed E-state index contributed by atoms with van der Waals surface area (Å²) in [6, 6.07) is 21.6. The molecule has 0 saturated carbocycles. The number of carbonyl (C=O) groups excluding carboxylic acids is 1. The number of nitrogens with one attached hydrogen (secondary N) is 1. The molecule has 186 valence electrons. The maximum atomic E-state index is 13.4. The number of amides is 1. The molecule has 3 aromatic carbocycles. The fourth-order valence-corrected chi connectivity index (χ4v) is 4.25. The van der Waals surface area contributed by atoms with Gasteiger partial charge in [-0.15, -0.1) is 10.2 Å². The Balaban J connectivity index is 1.56. The molecule has 4 aromatic rings. The summed E-state index contributed by atoms with van der Waals surface area (Å²) in [5.41, 5.74) is 4.67. The van der Waals surface area contributed by atoms with Crippen LogP contribution in [0.5, 0.6) is 0 Å². The first-order valence-electron chi connectivity index (χ1n) is 12.2. The van der Waals surface area contributed by atoms with Crippen molar-refractivity contribution in [2.75, 3.05) is 6.61 Å². The van der Waals surface area contributed by atoms with E-state index in [0.29, 0.717) is 25.2 Å². The Bertz CT molecular complexity index is 1240. The maximum absolute atomic E-state index is 13.4. The van der Waals surface area contributed by atoms with Crippen LogP contribution < -0.4 is 0 Å². The normalized spacial score (nSPS) is 11.9. The average molecular weight is 488 g/mol. The molecule has 7 nitrogen and oxygen atoms in total. The van der Waals surface area contributed by atoms with E-state index in [9.17, 15) is 14.3 Å². The zero-order chi connectivity index (χ0) is 25.3. The predicted molar refractivity (Wildman–Crippen MR) is 136 cm³/mol. The van der Waals surface area contributed by atoms with Crippen LogP contribution in [0.3, 0.4) is 0 Å². The third-order valence-corrected chi connectivity index (χ3v) is 6.23. The van der Waals surface area contributed by atoms with E-state index in [4.69, 9.17) is 0 Å². The molecule has 0 aliphatic carbocycles. The Hall–Kier alpha value is -3.91. The zero-order valence-corrected chi connectivity index (χ0v) is 20.3. The topological polar surface area (TPSA) is 95.0 Å². The van der Waals surface area contributed by atoms with Crippen LogP contribution in [0.2, 0.25) is 0 Å². The molecular formula is C28H30FN5O2. The fraction of sp³-hybridized carbons (Fsp3) is 0.286. The van der Waals surface area contributed by atoms with Crippen LogP contribution in [0.25, 0.3) is 22.5 Å². The molecule has 36 heavy (non-hydrogen) atoms. The molecule has 0 radical (unpaired) electrons. The summed E-state index contributed by atoms with van der Waals surface area (Å²) in [6.07, 6.45) is 2.57. The minimum atomic E-state index is -0.404. The molecule has 1 atom stereocenters. The Morgan fingerprint density at radius 1 is 1.00 bits per heavy atom. The van der Waals surface area contributed by atoms with Gasteiger partial charge in [-0.2, -0.15) is 5.21 Å². The van der Waals surface area contributed by atoms with Crippen LogP contribution in [-0.4, -0.2) is 49.2 Å². The maximum Gasteiger partial charge on any atom is 0.223 e. The van der Waals surface area contributed by atoms with Crippen LogP contribution in [0.1, 0.15) is 37.3 Å². The van der Waals surface area contributed by atoms with Crippen molar-refractivity contribution >= 4 is 5.91 Å². The number of aliphatic hydroxyl groups is 1. The van der Waals surface area contributed by atoms with Gasteiger partial charge in [0, 0.05) is 18.5 Å². The molecule has 0 aliphatic rings. The number of hydrogen-bond donors (Lipinski definition) is 2. The molecule has 0 aliphatic heterocycles. The Kier molecular flexibility index (Phi) is 8.52. The van der Waals surface area contributed by atoms with E-state index in [1.54, 1.807) is 17.0 Å². The van der Waals surface area contributed by atoms with E-state index in [0.717, 1.165) is 40.7 Å². The van der Waals surface area contributed by atoms with Gasteiger partial charge in [0.25, 0.3) is 0 Å². The number of aromatic nitrogens is 4. The van der Waals surface area contributed by atoms with Gasteiger partial charge < -0.3 is 10.0 Å². The van der Waals surface area contributed by atoms with E-state index in [1.807, 2.05) is 55.5 Å². The molecule has 1 amide bonds. The van der Waals surface area contributed by atoms with Gasteiger partial charge in [-0.25, -0.2) is 4.39 Å². The van der Waals surface area contributed by atoms with Crippen molar-refractivity contribution in [3.8, 4) is 22.5 Å². The molecule has 2 N–H and O–H groups in total. The van der Waals surface area contributed by atoms with E-state index in [-0.39, 0.29) is 18.3 Å². The lowest BCUT2D eigenvalue weighted by Crippen LogP contribution is -2.43. The third-order valence-electron chi connectivity index (χ3n) is 6.23. The number of halogens is 1. The van der Waals surface area contributed by atoms with Crippen LogP contribution in [0.4, 0.5) is 4.39 Å². The summed E-state index contributed by atoms with van der Waals surface area (Å²) in [5.74, 6) is 0.217. The van der Waals surface area contributed by atoms with Crippen molar-refractivity contribution in [2.45, 2.75) is 45.2 Å². The smallest absolute Gasteiger partial charge is 0.223 e. The minimum Gasteiger partial charge on any atom is -0.394 e. The fourth-order valence-electron chi connectivity index (χ4n) is 4.25. The van der Waals surface area contributed by atoms with E-state index >= 15 is 0 Å². The summed E-state index contributed by atoms with van der Waals surface area (Å²) in [6.45, 7) is 2.25. The minimum absolute atomic E-state index is 0.00420. The standard InChI is InChI=1S/C28H30FN5O2/c1-2-3-8-27(36)34(24(19-35)17-20-11-15-23(29)16-12-20)18-21-9-13-22(14-10-21)25-6-4-5-7-26(25)28-30-32-33-31-28/h4-7,9-16,24,35H,2-3,8,17-19H2,1H3,(H,30,31,32,33). The number of unbranched alkanes of at least 4 members (excludes halogenated alkanes) is 1. The van der Waals surface area contributed by atoms with Gasteiger partial charge in [0.15, 0.2) is 0 Å². The third kappa shape index (κ3) is 6.20. The molecule has 1 aromatic heterocycles. The summed E-state index contributed by atoms with van der Waals surface area (Å²) in [7, 11) is 0. The van der Waals surface area contributed by atoms with Crippen molar-refractivity contribution in [1.29, 1.82) is 0 Å². The van der Waals surface area contributed by atoms with Gasteiger partial charge in [-0.1, -0.05) is 74.0 Å². The van der Waals surface area contributed by atoms with Gasteiger partial charge in [-0.05, 0) is 52.4 Å². The van der Waals surface area contributed by atoms with Crippen LogP contribution in [0, 0.1) is 5.82 Å². The summed E-state index contributed by atoms with van der Waals surface area (Å²) in [4.78, 5) is 14.9. The van der Waals surface area contributed by atoms with Gasteiger partial charge in [-0.3, -0.25) is 4.79 Å². The van der Waals surface area contributed by atoms with Gasteiger partial charge in [0.05, 0.1) is 12.6 Å². The highest BCUT2D eigenvalue weighted by atomic mass is 19.1. The molecule has 4 rings (SSSR count). The molecule has 8 heteroatoms. The molecular weight excluding hydrogens is 457 g/mol. The first-order valence-corrected chi connectivity index (χ1v) is 12.2. The van der Waals surface area contributed by atoms with E-state index in [2.05, 4.69) is 20.6 Å². The molecule has 0 saturated heterocycles. The number of tetrazole rings is 1. The number of rotatable bonds is 11. The second-order valence-corrected chi connectivity index (χ2v) is 8.77. The second kappa shape index (κ2) is 12.2. The lowest BCUT2D eigenvalue weighted by molar-refractivity contribution is -0.135. The van der Waals surface area contributed by atoms with Crippen molar-refractivity contribution in [2.24, 2.45) is 0 Å². The molecule has 0 bridgehead atoms. The number of nitrogens with zero attached hydrogens (tertiary/aromatic N) is 4. The number of carbonyl (C=O) groups is 1. The lowest BCUT2D eigenvalue weighted by atomic mass is 9.98. The van der Waals surface area contributed by atoms with Crippen LogP contribution >= 0.6 is 0 Å². The van der Waals surface area contributed by atoms with E-state index < -0.39 is 6.04 Å². The number of H-pyrrole nitrogens is 1. The van der Waals surface area contributed by atoms with Crippen LogP contribution in [-0.2, 0) is 17.8 Å². The number of benzene rings is 3. The number of aliphatic hydroxyl groups excluding tert-OH is 1. The van der Waals surface area contributed by atoms with Crippen molar-refractivity contribution < 1.29 is 14.3 Å². The van der Waals surface area contributed by atoms with Crippen molar-refractivity contribution in [1.82, 2.24) is 25.5 Å². The van der Waals surface area contributed by atoms with Crippen molar-refractivity contribution in [3.63, 3.8) is 0 Å². The largest absolute Gasteiger partial charge is 0.394 e. The van der Waals surface area contributed by atoms with Gasteiger partial charge in [0.1, 0.15) is 5.82 Å². The molecule has 1 unspecified atom stereocenters. The molecule has 0 fully saturated rings. The predicted octanol–water partition coefficient (Wildman–Crippen LogP) is 4.80. The molecule has 1 heterocycles. The monoisotopic (exact) mass is 487 g/mol. The van der Waals surface area contributed by atoms with Crippen LogP contribution in [0.15, 0.2) is 72.8 Å². The summed E-state index contributed by atoms with van der Waals surface area (Å²) < 4.78 is 13.4. The quantitative estimate of drug-likeness (QED) is 0.317. The Morgan fingerprint density at radius 3 is 2.33 bits per heavy atom. The summed E-state index contributed by atoms with van der Waals surface area (Å²) in [5, 5.41) is 24.6. The SMILES string of the molecule is CCCCC(=O)N(Cc1ccc(-c2ccccc2-c2nn[nH]n2)cc1)C(CO)Cc1ccc(F)cc1. The first kappa shape index (κ1) is 25.2. The highest BCUT2D eigenvalue weighted by molar-refractivity contribution is 5.80. The highest BCUT2D eigenvalue weighted by Crippen LogP contribution is 2.30. The average Bonchev–Trinajstić information content (AvgIpc) is 3.46. The first-order chi connectivity index (χ1) is 17.6. The number of aromatic amines is 1. The Labute approximate surface area is 210 Å².